The maximum absolute atomic E-state index is 12.8. The fourth-order valence-corrected chi connectivity index (χ4v) is 4.75. The second kappa shape index (κ2) is 5.86. The monoisotopic (exact) mass is 386 g/mol. The summed E-state index contributed by atoms with van der Waals surface area (Å²) in [6.45, 7) is 7.78. The van der Waals surface area contributed by atoms with Crippen LogP contribution in [-0.2, 0) is 14.9 Å². The molecule has 150 valence electrons. The van der Waals surface area contributed by atoms with E-state index >= 15 is 0 Å². The molecule has 4 aliphatic rings. The van der Waals surface area contributed by atoms with E-state index in [2.05, 4.69) is 19.2 Å². The number of hydrogen-bond donors (Lipinski definition) is 1. The largest absolute Gasteiger partial charge is 0.492 e. The predicted octanol–water partition coefficient (Wildman–Crippen LogP) is 2.29. The van der Waals surface area contributed by atoms with Crippen LogP contribution in [0.3, 0.4) is 0 Å². The van der Waals surface area contributed by atoms with Crippen molar-refractivity contribution in [3.05, 3.63) is 23.3 Å². The molecule has 1 saturated carbocycles. The van der Waals surface area contributed by atoms with E-state index in [9.17, 15) is 9.59 Å². The molecule has 28 heavy (non-hydrogen) atoms. The number of imide groups is 1. The van der Waals surface area contributed by atoms with Crippen molar-refractivity contribution in [2.75, 3.05) is 19.8 Å². The molecule has 7 nitrogen and oxygen atoms in total. The first-order valence-corrected chi connectivity index (χ1v) is 9.98. The third-order valence-corrected chi connectivity index (χ3v) is 6.51. The molecule has 7 heteroatoms. The summed E-state index contributed by atoms with van der Waals surface area (Å²) in [5, 5.41) is 2.85. The molecule has 1 N–H and O–H groups in total. The second-order valence-corrected chi connectivity index (χ2v) is 9.11. The molecule has 1 atom stereocenters. The molecule has 0 aromatic heterocycles. The predicted molar refractivity (Wildman–Crippen MR) is 101 cm³/mol. The number of ether oxygens (including phenoxy) is 3. The highest BCUT2D eigenvalue weighted by Crippen LogP contribution is 2.47. The molecule has 3 heterocycles. The van der Waals surface area contributed by atoms with Gasteiger partial charge in [-0.3, -0.25) is 9.69 Å². The number of rotatable bonds is 3. The Morgan fingerprint density at radius 1 is 1.21 bits per heavy atom. The Morgan fingerprint density at radius 2 is 2.00 bits per heavy atom. The second-order valence-electron chi connectivity index (χ2n) is 9.11. The Bertz CT molecular complexity index is 853. The minimum Gasteiger partial charge on any atom is -0.492 e. The van der Waals surface area contributed by atoms with Gasteiger partial charge in [-0.15, -0.1) is 0 Å². The van der Waals surface area contributed by atoms with Crippen LogP contribution in [0.1, 0.15) is 44.2 Å². The Labute approximate surface area is 164 Å². The minimum absolute atomic E-state index is 0.00909. The van der Waals surface area contributed by atoms with E-state index in [4.69, 9.17) is 14.2 Å². The van der Waals surface area contributed by atoms with Crippen LogP contribution in [0, 0.1) is 6.92 Å². The normalized spacial score (nSPS) is 32.9. The molecule has 3 aliphatic heterocycles. The first-order valence-electron chi connectivity index (χ1n) is 9.98. The standard InChI is InChI=1S/C21H26N2O5/c1-12-4-5-15(16-17(12)27-10-20(16,2)3)28-14-8-13(9-14)23-18(24)21(22-19(23)25)6-7-26-11-21/h4-5,13-14H,6-11H2,1-3H3,(H,22,25)/t13?,14?,21-/m1/s1. The summed E-state index contributed by atoms with van der Waals surface area (Å²) in [6, 6.07) is 3.62. The number of carbonyl (C=O) groups is 2. The lowest BCUT2D eigenvalue weighted by atomic mass is 9.84. The molecular weight excluding hydrogens is 360 g/mol. The highest BCUT2D eigenvalue weighted by atomic mass is 16.5. The third-order valence-electron chi connectivity index (χ3n) is 6.51. The molecule has 1 aromatic rings. The Hall–Kier alpha value is -2.28. The quantitative estimate of drug-likeness (QED) is 0.807. The molecule has 3 fully saturated rings. The third kappa shape index (κ3) is 2.45. The van der Waals surface area contributed by atoms with Crippen LogP contribution >= 0.6 is 0 Å². The van der Waals surface area contributed by atoms with Crippen molar-refractivity contribution >= 4 is 11.9 Å². The smallest absolute Gasteiger partial charge is 0.325 e. The van der Waals surface area contributed by atoms with Gasteiger partial charge in [0.1, 0.15) is 23.1 Å². The van der Waals surface area contributed by atoms with Crippen molar-refractivity contribution in [1.82, 2.24) is 10.2 Å². The summed E-state index contributed by atoms with van der Waals surface area (Å²) in [5.74, 6) is 1.63. The van der Waals surface area contributed by atoms with Crippen molar-refractivity contribution < 1.29 is 23.8 Å². The Kier molecular flexibility index (Phi) is 3.72. The summed E-state index contributed by atoms with van der Waals surface area (Å²) in [4.78, 5) is 26.6. The molecule has 0 radical (unpaired) electrons. The van der Waals surface area contributed by atoms with Crippen molar-refractivity contribution in [3.63, 3.8) is 0 Å². The van der Waals surface area contributed by atoms with Gasteiger partial charge in [-0.1, -0.05) is 19.9 Å². The molecular formula is C21H26N2O5. The molecule has 0 bridgehead atoms. The van der Waals surface area contributed by atoms with Gasteiger partial charge in [0, 0.05) is 42.9 Å². The zero-order chi connectivity index (χ0) is 19.7. The lowest BCUT2D eigenvalue weighted by Gasteiger charge is -2.40. The Morgan fingerprint density at radius 3 is 2.71 bits per heavy atom. The topological polar surface area (TPSA) is 77.1 Å². The molecule has 1 spiro atoms. The first kappa shape index (κ1) is 17.8. The fourth-order valence-electron chi connectivity index (χ4n) is 4.75. The van der Waals surface area contributed by atoms with Crippen molar-refractivity contribution in [2.45, 2.75) is 63.1 Å². The first-order chi connectivity index (χ1) is 13.3. The zero-order valence-electron chi connectivity index (χ0n) is 16.5. The fraction of sp³-hybridized carbons (Fsp3) is 0.619. The molecule has 5 rings (SSSR count). The van der Waals surface area contributed by atoms with Crippen LogP contribution in [0.5, 0.6) is 11.5 Å². The summed E-state index contributed by atoms with van der Waals surface area (Å²) in [6.07, 6.45) is 1.84. The minimum atomic E-state index is -0.845. The van der Waals surface area contributed by atoms with Crippen LogP contribution in [0.2, 0.25) is 0 Å². The number of amides is 3. The van der Waals surface area contributed by atoms with E-state index < -0.39 is 5.54 Å². The summed E-state index contributed by atoms with van der Waals surface area (Å²) in [5.41, 5.74) is 1.29. The Balaban J connectivity index is 1.29. The molecule has 1 aliphatic carbocycles. The van der Waals surface area contributed by atoms with Gasteiger partial charge in [0.05, 0.1) is 13.2 Å². The van der Waals surface area contributed by atoms with Crippen LogP contribution in [-0.4, -0.2) is 54.3 Å². The van der Waals surface area contributed by atoms with Crippen molar-refractivity contribution in [2.24, 2.45) is 0 Å². The molecule has 2 saturated heterocycles. The average molecular weight is 386 g/mol. The summed E-state index contributed by atoms with van der Waals surface area (Å²) >= 11 is 0. The van der Waals surface area contributed by atoms with Gasteiger partial charge in [0.25, 0.3) is 5.91 Å². The summed E-state index contributed by atoms with van der Waals surface area (Å²) in [7, 11) is 0. The maximum atomic E-state index is 12.8. The van der Waals surface area contributed by atoms with E-state index in [1.54, 1.807) is 0 Å². The van der Waals surface area contributed by atoms with E-state index in [1.807, 2.05) is 19.1 Å². The molecule has 3 amide bonds. The van der Waals surface area contributed by atoms with Gasteiger partial charge in [-0.2, -0.15) is 0 Å². The average Bonchev–Trinajstić information content (AvgIpc) is 3.26. The van der Waals surface area contributed by atoms with Gasteiger partial charge < -0.3 is 19.5 Å². The SMILES string of the molecule is Cc1ccc(OC2CC(N3C(=O)N[C@@]4(CCOC4)C3=O)C2)c2c1OCC2(C)C. The highest BCUT2D eigenvalue weighted by Gasteiger charge is 2.57. The van der Waals surface area contributed by atoms with E-state index in [1.165, 1.54) is 4.90 Å². The lowest BCUT2D eigenvalue weighted by Crippen LogP contribution is -2.53. The van der Waals surface area contributed by atoms with Crippen LogP contribution in [0.15, 0.2) is 12.1 Å². The maximum Gasteiger partial charge on any atom is 0.325 e. The van der Waals surface area contributed by atoms with Gasteiger partial charge >= 0.3 is 6.03 Å². The van der Waals surface area contributed by atoms with Gasteiger partial charge in [-0.05, 0) is 18.6 Å². The van der Waals surface area contributed by atoms with Crippen molar-refractivity contribution in [1.29, 1.82) is 0 Å². The number of aryl methyl sites for hydroxylation is 1. The van der Waals surface area contributed by atoms with Gasteiger partial charge in [0.2, 0.25) is 0 Å². The number of urea groups is 1. The van der Waals surface area contributed by atoms with Gasteiger partial charge in [0.15, 0.2) is 0 Å². The van der Waals surface area contributed by atoms with Gasteiger partial charge in [-0.25, -0.2) is 4.79 Å². The van der Waals surface area contributed by atoms with E-state index in [-0.39, 0.29) is 36.1 Å². The number of nitrogens with one attached hydrogen (secondary N) is 1. The number of hydrogen-bond acceptors (Lipinski definition) is 5. The number of fused-ring (bicyclic) bond motifs is 1. The molecule has 0 unspecified atom stereocenters. The van der Waals surface area contributed by atoms with Crippen molar-refractivity contribution in [3.8, 4) is 11.5 Å². The number of benzene rings is 1. The number of nitrogens with zero attached hydrogens (tertiary/aromatic N) is 1. The lowest BCUT2D eigenvalue weighted by molar-refractivity contribution is -0.135. The van der Waals surface area contributed by atoms with E-state index in [0.29, 0.717) is 32.5 Å². The van der Waals surface area contributed by atoms with Crippen LogP contribution < -0.4 is 14.8 Å². The number of carbonyl (C=O) groups excluding carboxylic acids is 2. The highest BCUT2D eigenvalue weighted by molar-refractivity contribution is 6.07. The van der Waals surface area contributed by atoms with E-state index in [0.717, 1.165) is 22.6 Å². The van der Waals surface area contributed by atoms with Crippen LogP contribution in [0.25, 0.3) is 0 Å². The zero-order valence-corrected chi connectivity index (χ0v) is 16.5. The van der Waals surface area contributed by atoms with Crippen LogP contribution in [0.4, 0.5) is 4.79 Å². The molecule has 1 aromatic carbocycles. The summed E-state index contributed by atoms with van der Waals surface area (Å²) < 4.78 is 17.5.